The molecule has 1 fully saturated rings. The summed E-state index contributed by atoms with van der Waals surface area (Å²) >= 11 is 0. The SMILES string of the molecule is CCOc1ccc2nc(-c3cccc(OCC(=O)NC4CCC4)c3)nc(Nc3ccn[nH]3)c2c1. The number of anilines is 2. The zero-order valence-corrected chi connectivity index (χ0v) is 18.9. The van der Waals surface area contributed by atoms with Crippen LogP contribution >= 0.6 is 0 Å². The maximum atomic E-state index is 12.1. The van der Waals surface area contributed by atoms with Crippen LogP contribution in [0, 0.1) is 0 Å². The van der Waals surface area contributed by atoms with E-state index in [1.807, 2.05) is 55.5 Å². The Labute approximate surface area is 196 Å². The highest BCUT2D eigenvalue weighted by atomic mass is 16.5. The molecule has 34 heavy (non-hydrogen) atoms. The van der Waals surface area contributed by atoms with Crippen LogP contribution in [0.3, 0.4) is 0 Å². The van der Waals surface area contributed by atoms with Crippen molar-refractivity contribution < 1.29 is 14.3 Å². The lowest BCUT2D eigenvalue weighted by Gasteiger charge is -2.26. The van der Waals surface area contributed by atoms with Gasteiger partial charge in [0.1, 0.15) is 23.1 Å². The minimum Gasteiger partial charge on any atom is -0.494 e. The van der Waals surface area contributed by atoms with Crippen molar-refractivity contribution in [3.63, 3.8) is 0 Å². The Balaban J connectivity index is 1.42. The second kappa shape index (κ2) is 9.78. The van der Waals surface area contributed by atoms with Crippen LogP contribution in [0.15, 0.2) is 54.7 Å². The molecule has 0 radical (unpaired) electrons. The first kappa shape index (κ1) is 21.7. The number of aromatic amines is 1. The number of ether oxygens (including phenoxy) is 2. The summed E-state index contributed by atoms with van der Waals surface area (Å²) in [5.74, 6) is 3.09. The molecule has 9 heteroatoms. The first-order valence-corrected chi connectivity index (χ1v) is 11.4. The summed E-state index contributed by atoms with van der Waals surface area (Å²) in [7, 11) is 0. The molecular formula is C25H26N6O3. The molecule has 0 aliphatic heterocycles. The number of hydrogen-bond acceptors (Lipinski definition) is 7. The number of fused-ring (bicyclic) bond motifs is 1. The zero-order chi connectivity index (χ0) is 23.3. The molecule has 0 atom stereocenters. The molecule has 0 saturated heterocycles. The van der Waals surface area contributed by atoms with Gasteiger partial charge in [0.15, 0.2) is 12.4 Å². The number of nitrogens with one attached hydrogen (secondary N) is 3. The summed E-state index contributed by atoms with van der Waals surface area (Å²) in [6.45, 7) is 2.49. The van der Waals surface area contributed by atoms with E-state index in [0.29, 0.717) is 29.8 Å². The van der Waals surface area contributed by atoms with Crippen molar-refractivity contribution in [2.75, 3.05) is 18.5 Å². The van der Waals surface area contributed by atoms with Gasteiger partial charge in [0.05, 0.1) is 18.3 Å². The molecule has 1 saturated carbocycles. The van der Waals surface area contributed by atoms with Crippen LogP contribution < -0.4 is 20.1 Å². The topological polar surface area (TPSA) is 114 Å². The maximum Gasteiger partial charge on any atom is 0.258 e. The predicted molar refractivity (Wildman–Crippen MR) is 129 cm³/mol. The highest BCUT2D eigenvalue weighted by molar-refractivity contribution is 5.93. The standard InChI is InChI=1S/C25H26N6O3/c1-2-33-19-9-10-21-20(14-19)25(29-22-11-12-26-31-22)30-24(28-21)16-5-3-8-18(13-16)34-15-23(32)27-17-6-4-7-17/h3,5,8-14,17H,2,4,6-7,15H2,1H3,(H,27,32)(H2,26,28,29,30,31). The van der Waals surface area contributed by atoms with Crippen LogP contribution in [0.25, 0.3) is 22.3 Å². The van der Waals surface area contributed by atoms with Gasteiger partial charge >= 0.3 is 0 Å². The normalized spacial score (nSPS) is 13.3. The molecule has 174 valence electrons. The van der Waals surface area contributed by atoms with Gasteiger partial charge < -0.3 is 20.1 Å². The molecule has 0 spiro atoms. The quantitative estimate of drug-likeness (QED) is 0.344. The van der Waals surface area contributed by atoms with E-state index >= 15 is 0 Å². The Hall–Kier alpha value is -4.14. The third kappa shape index (κ3) is 4.93. The van der Waals surface area contributed by atoms with Crippen molar-refractivity contribution in [2.24, 2.45) is 0 Å². The lowest BCUT2D eigenvalue weighted by Crippen LogP contribution is -2.41. The molecular weight excluding hydrogens is 432 g/mol. The van der Waals surface area contributed by atoms with E-state index in [1.54, 1.807) is 6.20 Å². The highest BCUT2D eigenvalue weighted by Crippen LogP contribution is 2.31. The molecule has 2 aromatic heterocycles. The van der Waals surface area contributed by atoms with E-state index in [9.17, 15) is 4.79 Å². The second-order valence-corrected chi connectivity index (χ2v) is 8.11. The molecule has 2 aromatic carbocycles. The fraction of sp³-hybridized carbons (Fsp3) is 0.280. The van der Waals surface area contributed by atoms with E-state index in [4.69, 9.17) is 19.4 Å². The second-order valence-electron chi connectivity index (χ2n) is 8.11. The summed E-state index contributed by atoms with van der Waals surface area (Å²) in [6, 6.07) is 15.3. The Morgan fingerprint density at radius 2 is 1.97 bits per heavy atom. The summed E-state index contributed by atoms with van der Waals surface area (Å²) in [5, 5.41) is 14.0. The van der Waals surface area contributed by atoms with E-state index in [-0.39, 0.29) is 18.6 Å². The van der Waals surface area contributed by atoms with Crippen LogP contribution in [0.2, 0.25) is 0 Å². The van der Waals surface area contributed by atoms with Crippen molar-refractivity contribution in [3.05, 3.63) is 54.7 Å². The fourth-order valence-electron chi connectivity index (χ4n) is 3.74. The number of carbonyl (C=O) groups excluding carboxylic acids is 1. The minimum atomic E-state index is -0.104. The number of nitrogens with zero attached hydrogens (tertiary/aromatic N) is 3. The number of aromatic nitrogens is 4. The van der Waals surface area contributed by atoms with Crippen LogP contribution in [0.1, 0.15) is 26.2 Å². The van der Waals surface area contributed by atoms with Gasteiger partial charge in [-0.05, 0) is 56.5 Å². The largest absolute Gasteiger partial charge is 0.494 e. The Morgan fingerprint density at radius 3 is 2.74 bits per heavy atom. The van der Waals surface area contributed by atoms with Crippen LogP contribution in [-0.2, 0) is 4.79 Å². The molecule has 2 heterocycles. The number of amides is 1. The van der Waals surface area contributed by atoms with E-state index in [2.05, 4.69) is 20.8 Å². The summed E-state index contributed by atoms with van der Waals surface area (Å²) in [4.78, 5) is 21.6. The maximum absolute atomic E-state index is 12.1. The van der Waals surface area contributed by atoms with Crippen molar-refractivity contribution in [3.8, 4) is 22.9 Å². The van der Waals surface area contributed by atoms with Crippen molar-refractivity contribution >= 4 is 28.4 Å². The molecule has 1 amide bonds. The van der Waals surface area contributed by atoms with Gasteiger partial charge in [0.2, 0.25) is 0 Å². The molecule has 1 aliphatic carbocycles. The van der Waals surface area contributed by atoms with Crippen molar-refractivity contribution in [1.29, 1.82) is 0 Å². The van der Waals surface area contributed by atoms with Crippen LogP contribution in [0.4, 0.5) is 11.6 Å². The first-order chi connectivity index (χ1) is 16.7. The lowest BCUT2D eigenvalue weighted by atomic mass is 9.93. The van der Waals surface area contributed by atoms with E-state index < -0.39 is 0 Å². The Bertz CT molecular complexity index is 1290. The third-order valence-electron chi connectivity index (χ3n) is 5.66. The van der Waals surface area contributed by atoms with Gasteiger partial charge in [-0.2, -0.15) is 5.10 Å². The Kier molecular flexibility index (Phi) is 6.24. The highest BCUT2D eigenvalue weighted by Gasteiger charge is 2.19. The molecule has 4 aromatic rings. The third-order valence-corrected chi connectivity index (χ3v) is 5.66. The average Bonchev–Trinajstić information content (AvgIpc) is 3.34. The number of benzene rings is 2. The van der Waals surface area contributed by atoms with Gasteiger partial charge in [-0.3, -0.25) is 9.89 Å². The molecule has 0 unspecified atom stereocenters. The van der Waals surface area contributed by atoms with Gasteiger partial charge in [-0.1, -0.05) is 12.1 Å². The number of rotatable bonds is 9. The van der Waals surface area contributed by atoms with Gasteiger partial charge in [-0.15, -0.1) is 0 Å². The Morgan fingerprint density at radius 1 is 1.09 bits per heavy atom. The molecule has 9 nitrogen and oxygen atoms in total. The van der Waals surface area contributed by atoms with Gasteiger partial charge in [0.25, 0.3) is 5.91 Å². The first-order valence-electron chi connectivity index (χ1n) is 11.4. The minimum absolute atomic E-state index is 0.0225. The van der Waals surface area contributed by atoms with Gasteiger partial charge in [-0.25, -0.2) is 9.97 Å². The lowest BCUT2D eigenvalue weighted by molar-refractivity contribution is -0.124. The molecule has 0 bridgehead atoms. The molecule has 5 rings (SSSR count). The predicted octanol–water partition coefficient (Wildman–Crippen LogP) is 4.21. The summed E-state index contributed by atoms with van der Waals surface area (Å²) in [6.07, 6.45) is 4.92. The number of H-pyrrole nitrogens is 1. The van der Waals surface area contributed by atoms with E-state index in [1.165, 1.54) is 6.42 Å². The fourth-order valence-corrected chi connectivity index (χ4v) is 3.74. The summed E-state index contributed by atoms with van der Waals surface area (Å²) < 4.78 is 11.4. The number of hydrogen-bond donors (Lipinski definition) is 3. The van der Waals surface area contributed by atoms with Crippen LogP contribution in [-0.4, -0.2) is 45.3 Å². The average molecular weight is 459 g/mol. The van der Waals surface area contributed by atoms with Crippen molar-refractivity contribution in [1.82, 2.24) is 25.5 Å². The van der Waals surface area contributed by atoms with Crippen molar-refractivity contribution in [2.45, 2.75) is 32.2 Å². The molecule has 1 aliphatic rings. The zero-order valence-electron chi connectivity index (χ0n) is 18.9. The van der Waals surface area contributed by atoms with E-state index in [0.717, 1.165) is 35.1 Å². The van der Waals surface area contributed by atoms with Crippen LogP contribution in [0.5, 0.6) is 11.5 Å². The monoisotopic (exact) mass is 458 g/mol. The summed E-state index contributed by atoms with van der Waals surface area (Å²) in [5.41, 5.74) is 1.54. The van der Waals surface area contributed by atoms with Gasteiger partial charge in [0, 0.05) is 23.1 Å². The number of carbonyl (C=O) groups is 1. The smallest absolute Gasteiger partial charge is 0.258 e. The molecule has 3 N–H and O–H groups in total.